The molecule has 1 aliphatic rings. The Hall–Kier alpha value is -1.20. The van der Waals surface area contributed by atoms with Gasteiger partial charge in [0.25, 0.3) is 0 Å². The molecule has 0 amide bonds. The lowest BCUT2D eigenvalue weighted by atomic mass is 10.0. The summed E-state index contributed by atoms with van der Waals surface area (Å²) in [4.78, 5) is 2.13. The molecule has 1 atom stereocenters. The Kier molecular flexibility index (Phi) is 4.71. The third kappa shape index (κ3) is 3.04. The van der Waals surface area contributed by atoms with Crippen LogP contribution in [0.2, 0.25) is 0 Å². The van der Waals surface area contributed by atoms with Crippen LogP contribution in [0.3, 0.4) is 0 Å². The molecule has 0 aromatic heterocycles. The maximum absolute atomic E-state index is 14.1. The molecule has 3 nitrogen and oxygen atoms in total. The molecular formula is C14H20F2N2O. The zero-order valence-corrected chi connectivity index (χ0v) is 11.4. The van der Waals surface area contributed by atoms with E-state index < -0.39 is 11.6 Å². The van der Waals surface area contributed by atoms with E-state index in [0.717, 1.165) is 26.2 Å². The van der Waals surface area contributed by atoms with Crippen LogP contribution in [-0.2, 0) is 0 Å². The Morgan fingerprint density at radius 3 is 2.32 bits per heavy atom. The van der Waals surface area contributed by atoms with Gasteiger partial charge in [0, 0.05) is 49.9 Å². The predicted molar refractivity (Wildman–Crippen MR) is 70.4 cm³/mol. The summed E-state index contributed by atoms with van der Waals surface area (Å²) >= 11 is 0. The zero-order valence-electron chi connectivity index (χ0n) is 11.4. The van der Waals surface area contributed by atoms with Crippen molar-refractivity contribution in [3.8, 4) is 5.75 Å². The molecule has 1 saturated heterocycles. The van der Waals surface area contributed by atoms with Crippen LogP contribution in [0.25, 0.3) is 0 Å². The molecule has 1 aliphatic heterocycles. The van der Waals surface area contributed by atoms with Crippen LogP contribution >= 0.6 is 0 Å². The van der Waals surface area contributed by atoms with Crippen molar-refractivity contribution in [1.29, 1.82) is 0 Å². The van der Waals surface area contributed by atoms with Crippen molar-refractivity contribution in [2.24, 2.45) is 0 Å². The Bertz CT molecular complexity index is 410. The lowest BCUT2D eigenvalue weighted by molar-refractivity contribution is 0.162. The summed E-state index contributed by atoms with van der Waals surface area (Å²) < 4.78 is 33.1. The summed E-state index contributed by atoms with van der Waals surface area (Å²) in [6.07, 6.45) is 0.681. The smallest absolute Gasteiger partial charge is 0.134 e. The molecule has 0 unspecified atom stereocenters. The molecule has 106 valence electrons. The number of piperazine rings is 1. The SMILES string of the molecule is CC[C@@H](c1c(F)cc(OC)cc1F)N1CCNCC1. The summed E-state index contributed by atoms with van der Waals surface area (Å²) in [5.74, 6) is -0.835. The monoisotopic (exact) mass is 270 g/mol. The molecule has 2 rings (SSSR count). The lowest BCUT2D eigenvalue weighted by Crippen LogP contribution is -2.45. The quantitative estimate of drug-likeness (QED) is 0.909. The van der Waals surface area contributed by atoms with Crippen molar-refractivity contribution in [1.82, 2.24) is 10.2 Å². The minimum atomic E-state index is -0.526. The molecule has 1 aromatic rings. The van der Waals surface area contributed by atoms with Gasteiger partial charge in [0.15, 0.2) is 0 Å². The number of ether oxygens (including phenoxy) is 1. The van der Waals surface area contributed by atoms with E-state index in [-0.39, 0.29) is 17.4 Å². The molecule has 0 spiro atoms. The van der Waals surface area contributed by atoms with Gasteiger partial charge in [0.1, 0.15) is 17.4 Å². The summed E-state index contributed by atoms with van der Waals surface area (Å²) in [6.45, 7) is 5.29. The fourth-order valence-corrected chi connectivity index (χ4v) is 2.64. The minimum Gasteiger partial charge on any atom is -0.497 e. The number of rotatable bonds is 4. The zero-order chi connectivity index (χ0) is 13.8. The van der Waals surface area contributed by atoms with E-state index in [1.165, 1.54) is 19.2 Å². The van der Waals surface area contributed by atoms with E-state index in [4.69, 9.17) is 4.74 Å². The van der Waals surface area contributed by atoms with Gasteiger partial charge in [-0.15, -0.1) is 0 Å². The maximum atomic E-state index is 14.1. The first kappa shape index (κ1) is 14.2. The number of nitrogens with zero attached hydrogens (tertiary/aromatic N) is 1. The first-order valence-electron chi connectivity index (χ1n) is 6.65. The van der Waals surface area contributed by atoms with Crippen LogP contribution in [0.1, 0.15) is 24.9 Å². The van der Waals surface area contributed by atoms with Crippen molar-refractivity contribution in [3.63, 3.8) is 0 Å². The van der Waals surface area contributed by atoms with Gasteiger partial charge in [0.2, 0.25) is 0 Å². The lowest BCUT2D eigenvalue weighted by Gasteiger charge is -2.35. The van der Waals surface area contributed by atoms with Gasteiger partial charge < -0.3 is 10.1 Å². The van der Waals surface area contributed by atoms with Crippen LogP contribution < -0.4 is 10.1 Å². The number of benzene rings is 1. The van der Waals surface area contributed by atoms with Gasteiger partial charge >= 0.3 is 0 Å². The van der Waals surface area contributed by atoms with Crippen molar-refractivity contribution in [3.05, 3.63) is 29.3 Å². The maximum Gasteiger partial charge on any atom is 0.134 e. The molecule has 0 saturated carbocycles. The van der Waals surface area contributed by atoms with Crippen LogP contribution in [0, 0.1) is 11.6 Å². The standard InChI is InChI=1S/C14H20F2N2O/c1-3-13(18-6-4-17-5-7-18)14-11(15)8-10(19-2)9-12(14)16/h8-9,13,17H,3-7H2,1-2H3/t13-/m0/s1. The molecule has 0 bridgehead atoms. The van der Waals surface area contributed by atoms with Crippen LogP contribution in [0.15, 0.2) is 12.1 Å². The van der Waals surface area contributed by atoms with Crippen molar-refractivity contribution in [2.45, 2.75) is 19.4 Å². The minimum absolute atomic E-state index is 0.158. The largest absolute Gasteiger partial charge is 0.497 e. The number of nitrogens with one attached hydrogen (secondary N) is 1. The van der Waals surface area contributed by atoms with E-state index in [0.29, 0.717) is 6.42 Å². The second-order valence-corrected chi connectivity index (χ2v) is 4.71. The van der Waals surface area contributed by atoms with Gasteiger partial charge in [-0.2, -0.15) is 0 Å². The van der Waals surface area contributed by atoms with Gasteiger partial charge in [0.05, 0.1) is 7.11 Å². The van der Waals surface area contributed by atoms with Gasteiger partial charge in [-0.3, -0.25) is 4.90 Å². The highest BCUT2D eigenvalue weighted by Crippen LogP contribution is 2.31. The number of hydrogen-bond acceptors (Lipinski definition) is 3. The number of methoxy groups -OCH3 is 1. The van der Waals surface area contributed by atoms with Gasteiger partial charge in [-0.25, -0.2) is 8.78 Å². The van der Waals surface area contributed by atoms with Gasteiger partial charge in [-0.05, 0) is 6.42 Å². The second kappa shape index (κ2) is 6.30. The van der Waals surface area contributed by atoms with E-state index in [1.807, 2.05) is 6.92 Å². The highest BCUT2D eigenvalue weighted by molar-refractivity contribution is 5.32. The van der Waals surface area contributed by atoms with Crippen molar-refractivity contribution in [2.75, 3.05) is 33.3 Å². The normalized spacial score (nSPS) is 18.3. The van der Waals surface area contributed by atoms with E-state index in [2.05, 4.69) is 10.2 Å². The fraction of sp³-hybridized carbons (Fsp3) is 0.571. The first-order valence-corrected chi connectivity index (χ1v) is 6.65. The molecule has 1 N–H and O–H groups in total. The Labute approximate surface area is 112 Å². The van der Waals surface area contributed by atoms with Crippen LogP contribution in [0.4, 0.5) is 8.78 Å². The number of hydrogen-bond donors (Lipinski definition) is 1. The summed E-state index contributed by atoms with van der Waals surface area (Å²) in [6, 6.07) is 2.29. The third-order valence-electron chi connectivity index (χ3n) is 3.60. The average Bonchev–Trinajstić information content (AvgIpc) is 2.43. The topological polar surface area (TPSA) is 24.5 Å². The molecule has 1 fully saturated rings. The van der Waals surface area contributed by atoms with E-state index in [9.17, 15) is 8.78 Å². The number of halogens is 2. The highest BCUT2D eigenvalue weighted by Gasteiger charge is 2.26. The second-order valence-electron chi connectivity index (χ2n) is 4.71. The van der Waals surface area contributed by atoms with Crippen LogP contribution in [-0.4, -0.2) is 38.2 Å². The predicted octanol–water partition coefficient (Wildman–Crippen LogP) is 2.33. The van der Waals surface area contributed by atoms with Crippen molar-refractivity contribution < 1.29 is 13.5 Å². The summed E-state index contributed by atoms with van der Waals surface area (Å²) in [5, 5.41) is 3.24. The Morgan fingerprint density at radius 1 is 1.26 bits per heavy atom. The average molecular weight is 270 g/mol. The molecule has 1 heterocycles. The molecule has 5 heteroatoms. The molecular weight excluding hydrogens is 250 g/mol. The van der Waals surface area contributed by atoms with Gasteiger partial charge in [-0.1, -0.05) is 6.92 Å². The molecule has 1 aromatic carbocycles. The van der Waals surface area contributed by atoms with E-state index in [1.54, 1.807) is 0 Å². The van der Waals surface area contributed by atoms with Crippen LogP contribution in [0.5, 0.6) is 5.75 Å². The third-order valence-corrected chi connectivity index (χ3v) is 3.60. The Morgan fingerprint density at radius 2 is 1.84 bits per heavy atom. The fourth-order valence-electron chi connectivity index (χ4n) is 2.64. The summed E-state index contributed by atoms with van der Waals surface area (Å²) in [7, 11) is 1.40. The first-order chi connectivity index (χ1) is 9.17. The van der Waals surface area contributed by atoms with Crippen molar-refractivity contribution >= 4 is 0 Å². The molecule has 0 aliphatic carbocycles. The highest BCUT2D eigenvalue weighted by atomic mass is 19.1. The van der Waals surface area contributed by atoms with E-state index >= 15 is 0 Å². The Balaban J connectivity index is 2.31. The summed E-state index contributed by atoms with van der Waals surface area (Å²) in [5.41, 5.74) is 0.158. The molecule has 19 heavy (non-hydrogen) atoms. The molecule has 0 radical (unpaired) electrons.